The van der Waals surface area contributed by atoms with Crippen molar-refractivity contribution >= 4 is 11.7 Å². The average Bonchev–Trinajstić information content (AvgIpc) is 2.38. The molecule has 0 bridgehead atoms. The summed E-state index contributed by atoms with van der Waals surface area (Å²) in [5, 5.41) is 11.6. The number of rotatable bonds is 2. The van der Waals surface area contributed by atoms with Crippen molar-refractivity contribution < 1.29 is 9.94 Å². The quantitative estimate of drug-likeness (QED) is 0.335. The maximum atomic E-state index is 8.64. The first kappa shape index (κ1) is 11.7. The molecule has 6 nitrogen and oxygen atoms in total. The second-order valence-electron chi connectivity index (χ2n) is 3.97. The lowest BCUT2D eigenvalue weighted by molar-refractivity contribution is 0.0804. The molecule has 2 heterocycles. The van der Waals surface area contributed by atoms with Gasteiger partial charge in [-0.05, 0) is 19.1 Å². The largest absolute Gasteiger partial charge is 0.409 e. The number of hydrogen-bond acceptors (Lipinski definition) is 5. The van der Waals surface area contributed by atoms with Crippen LogP contribution in [0.25, 0.3) is 0 Å². The normalized spacial score (nSPS) is 21.6. The molecule has 1 saturated heterocycles. The summed E-state index contributed by atoms with van der Waals surface area (Å²) in [5.74, 6) is 0.992. The predicted octanol–water partition coefficient (Wildman–Crippen LogP) is 0.342. The van der Waals surface area contributed by atoms with Gasteiger partial charge in [0, 0.05) is 12.2 Å². The Morgan fingerprint density at radius 3 is 3.18 bits per heavy atom. The number of pyridine rings is 1. The second-order valence-corrected chi connectivity index (χ2v) is 3.97. The molecule has 1 fully saturated rings. The van der Waals surface area contributed by atoms with E-state index in [0.717, 1.165) is 18.1 Å². The summed E-state index contributed by atoms with van der Waals surface area (Å²) in [6.45, 7) is 3.79. The van der Waals surface area contributed by atoms with Crippen LogP contribution in [0.15, 0.2) is 23.4 Å². The first-order valence-electron chi connectivity index (χ1n) is 5.48. The number of nitrogens with zero attached hydrogens (tertiary/aromatic N) is 3. The molecule has 1 aromatic rings. The number of anilines is 1. The summed E-state index contributed by atoms with van der Waals surface area (Å²) in [6, 6.07) is 5.86. The molecule has 0 spiro atoms. The Bertz CT molecular complexity index is 422. The van der Waals surface area contributed by atoms with Gasteiger partial charge in [-0.1, -0.05) is 11.2 Å². The number of amidine groups is 1. The molecular weight excluding hydrogens is 220 g/mol. The van der Waals surface area contributed by atoms with Crippen LogP contribution in [0, 0.1) is 6.92 Å². The van der Waals surface area contributed by atoms with Gasteiger partial charge in [-0.15, -0.1) is 0 Å². The highest BCUT2D eigenvalue weighted by Crippen LogP contribution is 2.15. The summed E-state index contributed by atoms with van der Waals surface area (Å²) in [4.78, 5) is 6.51. The van der Waals surface area contributed by atoms with E-state index in [-0.39, 0.29) is 11.9 Å². The summed E-state index contributed by atoms with van der Waals surface area (Å²) in [5.41, 5.74) is 6.51. The van der Waals surface area contributed by atoms with Crippen LogP contribution in [0.4, 0.5) is 5.82 Å². The van der Waals surface area contributed by atoms with Gasteiger partial charge in [0.15, 0.2) is 5.84 Å². The minimum atomic E-state index is -0.379. The van der Waals surface area contributed by atoms with Crippen molar-refractivity contribution in [3.63, 3.8) is 0 Å². The fourth-order valence-corrected chi connectivity index (χ4v) is 1.81. The highest BCUT2D eigenvalue weighted by molar-refractivity contribution is 5.85. The Morgan fingerprint density at radius 2 is 2.47 bits per heavy atom. The fourth-order valence-electron chi connectivity index (χ4n) is 1.81. The lowest BCUT2D eigenvalue weighted by atomic mass is 10.2. The monoisotopic (exact) mass is 236 g/mol. The minimum Gasteiger partial charge on any atom is -0.409 e. The molecule has 1 aliphatic rings. The molecule has 1 aliphatic heterocycles. The Hall–Kier alpha value is -1.82. The zero-order valence-electron chi connectivity index (χ0n) is 9.71. The van der Waals surface area contributed by atoms with E-state index in [9.17, 15) is 0 Å². The maximum absolute atomic E-state index is 8.64. The predicted molar refractivity (Wildman–Crippen MR) is 64.3 cm³/mol. The number of oxime groups is 1. The Balaban J connectivity index is 2.12. The zero-order chi connectivity index (χ0) is 12.3. The molecule has 6 heteroatoms. The van der Waals surface area contributed by atoms with Crippen molar-refractivity contribution in [2.24, 2.45) is 10.9 Å². The van der Waals surface area contributed by atoms with Gasteiger partial charge in [-0.2, -0.15) is 0 Å². The smallest absolute Gasteiger partial charge is 0.170 e. The molecule has 0 radical (unpaired) electrons. The lowest BCUT2D eigenvalue weighted by Gasteiger charge is -2.33. The van der Waals surface area contributed by atoms with Crippen molar-refractivity contribution in [2.45, 2.75) is 13.0 Å². The van der Waals surface area contributed by atoms with Gasteiger partial charge in [0.25, 0.3) is 0 Å². The third-order valence-electron chi connectivity index (χ3n) is 2.71. The summed E-state index contributed by atoms with van der Waals surface area (Å²) < 4.78 is 5.43. The minimum absolute atomic E-state index is 0.0994. The van der Waals surface area contributed by atoms with Gasteiger partial charge < -0.3 is 20.6 Å². The van der Waals surface area contributed by atoms with Crippen molar-refractivity contribution in [2.75, 3.05) is 24.6 Å². The molecule has 1 aromatic heterocycles. The summed E-state index contributed by atoms with van der Waals surface area (Å²) in [6.07, 6.45) is -0.379. The van der Waals surface area contributed by atoms with E-state index < -0.39 is 0 Å². The van der Waals surface area contributed by atoms with Gasteiger partial charge in [-0.25, -0.2) is 4.98 Å². The van der Waals surface area contributed by atoms with E-state index in [4.69, 9.17) is 15.7 Å². The van der Waals surface area contributed by atoms with Gasteiger partial charge in [0.05, 0.1) is 13.2 Å². The van der Waals surface area contributed by atoms with Crippen molar-refractivity contribution in [3.05, 3.63) is 23.9 Å². The molecule has 0 aromatic carbocycles. The van der Waals surface area contributed by atoms with E-state index >= 15 is 0 Å². The van der Waals surface area contributed by atoms with Crippen molar-refractivity contribution in [1.82, 2.24) is 4.98 Å². The van der Waals surface area contributed by atoms with Crippen LogP contribution >= 0.6 is 0 Å². The van der Waals surface area contributed by atoms with Crippen LogP contribution < -0.4 is 10.6 Å². The molecule has 1 unspecified atom stereocenters. The van der Waals surface area contributed by atoms with Gasteiger partial charge in [0.1, 0.15) is 11.9 Å². The number of aryl methyl sites for hydroxylation is 1. The van der Waals surface area contributed by atoms with Crippen LogP contribution in [0.3, 0.4) is 0 Å². The highest BCUT2D eigenvalue weighted by atomic mass is 16.5. The van der Waals surface area contributed by atoms with E-state index in [1.165, 1.54) is 0 Å². The molecule has 0 saturated carbocycles. The molecule has 2 rings (SSSR count). The van der Waals surface area contributed by atoms with Gasteiger partial charge in [-0.3, -0.25) is 0 Å². The van der Waals surface area contributed by atoms with Gasteiger partial charge in [0.2, 0.25) is 0 Å². The van der Waals surface area contributed by atoms with E-state index in [0.29, 0.717) is 13.2 Å². The molecule has 0 aliphatic carbocycles. The summed E-state index contributed by atoms with van der Waals surface area (Å²) >= 11 is 0. The zero-order valence-corrected chi connectivity index (χ0v) is 9.71. The Kier molecular flexibility index (Phi) is 3.43. The molecule has 17 heavy (non-hydrogen) atoms. The van der Waals surface area contributed by atoms with E-state index in [1.807, 2.05) is 25.1 Å². The third kappa shape index (κ3) is 2.65. The molecule has 0 amide bonds. The van der Waals surface area contributed by atoms with Crippen LogP contribution in [0.2, 0.25) is 0 Å². The van der Waals surface area contributed by atoms with Crippen LogP contribution in [-0.2, 0) is 4.74 Å². The topological polar surface area (TPSA) is 84.0 Å². The summed E-state index contributed by atoms with van der Waals surface area (Å²) in [7, 11) is 0. The fraction of sp³-hybridized carbons (Fsp3) is 0.455. The molecule has 3 N–H and O–H groups in total. The van der Waals surface area contributed by atoms with E-state index in [1.54, 1.807) is 0 Å². The Morgan fingerprint density at radius 1 is 1.65 bits per heavy atom. The first-order chi connectivity index (χ1) is 8.20. The average molecular weight is 236 g/mol. The number of morpholine rings is 1. The molecular formula is C11H16N4O2. The molecule has 1 atom stereocenters. The number of ether oxygens (including phenoxy) is 1. The Labute approximate surface area is 99.7 Å². The van der Waals surface area contributed by atoms with Crippen LogP contribution in [0.1, 0.15) is 5.69 Å². The lowest BCUT2D eigenvalue weighted by Crippen LogP contribution is -2.48. The number of aromatic nitrogens is 1. The first-order valence-corrected chi connectivity index (χ1v) is 5.48. The van der Waals surface area contributed by atoms with Crippen molar-refractivity contribution in [3.8, 4) is 0 Å². The maximum Gasteiger partial charge on any atom is 0.170 e. The van der Waals surface area contributed by atoms with Gasteiger partial charge >= 0.3 is 0 Å². The molecule has 92 valence electrons. The third-order valence-corrected chi connectivity index (χ3v) is 2.71. The standard InChI is InChI=1S/C11H16N4O2/c1-8-3-2-4-10(13-8)15-5-6-17-9(7-15)11(12)14-16/h2-4,9,16H,5-7H2,1H3,(H2,12,14). The van der Waals surface area contributed by atoms with Crippen LogP contribution in [-0.4, -0.2) is 41.8 Å². The number of nitrogens with two attached hydrogens (primary N) is 1. The van der Waals surface area contributed by atoms with Crippen molar-refractivity contribution in [1.29, 1.82) is 0 Å². The second kappa shape index (κ2) is 5.01. The highest BCUT2D eigenvalue weighted by Gasteiger charge is 2.24. The number of hydrogen-bond donors (Lipinski definition) is 2. The SMILES string of the molecule is Cc1cccc(N2CCOC(C(N)=NO)C2)n1. The van der Waals surface area contributed by atoms with E-state index in [2.05, 4.69) is 15.0 Å². The van der Waals surface area contributed by atoms with Crippen LogP contribution in [0.5, 0.6) is 0 Å².